The molecule has 0 unspecified atom stereocenters. The zero-order chi connectivity index (χ0) is 17.7. The van der Waals surface area contributed by atoms with Gasteiger partial charge in [-0.1, -0.05) is 56.6 Å². The Hall–Kier alpha value is -2.33. The number of rotatable bonds is 4. The number of hydrogen-bond donors (Lipinski definition) is 0. The van der Waals surface area contributed by atoms with Crippen molar-refractivity contribution < 1.29 is 19.1 Å². The van der Waals surface area contributed by atoms with E-state index in [1.54, 1.807) is 36.4 Å². The molecule has 0 aliphatic heterocycles. The molecular weight excluding hydrogens is 328 g/mol. The molecule has 24 heavy (non-hydrogen) atoms. The Morgan fingerprint density at radius 2 is 1.46 bits per heavy atom. The first-order valence-electron chi connectivity index (χ1n) is 7.51. The fraction of sp³-hybridized carbons (Fsp3) is 0.263. The molecule has 0 fully saturated rings. The summed E-state index contributed by atoms with van der Waals surface area (Å²) < 4.78 is 10.6. The van der Waals surface area contributed by atoms with Gasteiger partial charge in [-0.15, -0.1) is 0 Å². The average molecular weight is 347 g/mol. The monoisotopic (exact) mass is 346 g/mol. The number of esters is 2. The van der Waals surface area contributed by atoms with Gasteiger partial charge in [0.2, 0.25) is 0 Å². The van der Waals surface area contributed by atoms with Crippen LogP contribution in [-0.4, -0.2) is 18.5 Å². The van der Waals surface area contributed by atoms with Crippen molar-refractivity contribution in [3.05, 3.63) is 64.7 Å². The smallest absolute Gasteiger partial charge is 0.344 e. The van der Waals surface area contributed by atoms with Crippen molar-refractivity contribution in [2.75, 3.05) is 6.61 Å². The lowest BCUT2D eigenvalue weighted by atomic mass is 9.98. The fourth-order valence-corrected chi connectivity index (χ4v) is 2.06. The summed E-state index contributed by atoms with van der Waals surface area (Å²) in [7, 11) is 0. The van der Waals surface area contributed by atoms with E-state index in [1.807, 2.05) is 20.8 Å². The number of hydrogen-bond acceptors (Lipinski definition) is 4. The van der Waals surface area contributed by atoms with E-state index < -0.39 is 11.9 Å². The third kappa shape index (κ3) is 4.83. The van der Waals surface area contributed by atoms with Crippen LogP contribution in [0, 0.1) is 5.41 Å². The van der Waals surface area contributed by atoms with Crippen molar-refractivity contribution in [2.24, 2.45) is 5.41 Å². The molecule has 4 nitrogen and oxygen atoms in total. The molecule has 0 amide bonds. The van der Waals surface area contributed by atoms with Gasteiger partial charge in [0.05, 0.1) is 22.8 Å². The molecule has 0 N–H and O–H groups in total. The van der Waals surface area contributed by atoms with Gasteiger partial charge in [-0.2, -0.15) is 0 Å². The summed E-state index contributed by atoms with van der Waals surface area (Å²) in [5.74, 6) is -0.981. The Balaban J connectivity index is 2.20. The zero-order valence-electron chi connectivity index (χ0n) is 13.8. The molecular formula is C19H19ClO4. The molecule has 0 heterocycles. The molecule has 5 heteroatoms. The largest absolute Gasteiger partial charge is 0.462 e. The number of carbonyl (C=O) groups is 2. The highest BCUT2D eigenvalue weighted by Crippen LogP contribution is 2.25. The van der Waals surface area contributed by atoms with Crippen LogP contribution in [0.15, 0.2) is 48.5 Å². The van der Waals surface area contributed by atoms with E-state index in [1.165, 1.54) is 12.1 Å². The van der Waals surface area contributed by atoms with Gasteiger partial charge in [-0.3, -0.25) is 0 Å². The Kier molecular flexibility index (Phi) is 5.62. The van der Waals surface area contributed by atoms with Crippen LogP contribution in [0.25, 0.3) is 0 Å². The van der Waals surface area contributed by atoms with Gasteiger partial charge in [0, 0.05) is 0 Å². The third-order valence-corrected chi connectivity index (χ3v) is 3.35. The lowest BCUT2D eigenvalue weighted by Gasteiger charge is -2.18. The SMILES string of the molecule is CC(C)(C)COC(=O)c1ccccc1C(=O)Oc1ccccc1Cl. The second-order valence-electron chi connectivity index (χ2n) is 6.50. The second-order valence-corrected chi connectivity index (χ2v) is 6.91. The van der Waals surface area contributed by atoms with Gasteiger partial charge in [0.25, 0.3) is 0 Å². The molecule has 0 bridgehead atoms. The maximum absolute atomic E-state index is 12.4. The highest BCUT2D eigenvalue weighted by molar-refractivity contribution is 6.32. The molecule has 2 rings (SSSR count). The Bertz CT molecular complexity index is 747. The number of halogens is 1. The van der Waals surface area contributed by atoms with Crippen molar-refractivity contribution in [3.8, 4) is 5.75 Å². The van der Waals surface area contributed by atoms with E-state index in [4.69, 9.17) is 21.1 Å². The van der Waals surface area contributed by atoms with Crippen LogP contribution in [0.4, 0.5) is 0 Å². The highest BCUT2D eigenvalue weighted by Gasteiger charge is 2.22. The molecule has 0 radical (unpaired) electrons. The van der Waals surface area contributed by atoms with E-state index in [0.717, 1.165) is 0 Å². The normalized spacial score (nSPS) is 11.0. The quantitative estimate of drug-likeness (QED) is 0.591. The van der Waals surface area contributed by atoms with Gasteiger partial charge in [-0.05, 0) is 29.7 Å². The molecule has 0 saturated heterocycles. The molecule has 0 aromatic heterocycles. The summed E-state index contributed by atoms with van der Waals surface area (Å²) in [4.78, 5) is 24.7. The van der Waals surface area contributed by atoms with Crippen LogP contribution in [0.3, 0.4) is 0 Å². The lowest BCUT2D eigenvalue weighted by molar-refractivity contribution is 0.0362. The van der Waals surface area contributed by atoms with E-state index in [9.17, 15) is 9.59 Å². The highest BCUT2D eigenvalue weighted by atomic mass is 35.5. The number of benzene rings is 2. The standard InChI is InChI=1S/C19H19ClO4/c1-19(2,3)12-23-17(21)13-8-4-5-9-14(13)18(22)24-16-11-7-6-10-15(16)20/h4-11H,12H2,1-3H3. The third-order valence-electron chi connectivity index (χ3n) is 3.04. The van der Waals surface area contributed by atoms with Gasteiger partial charge in [0.15, 0.2) is 0 Å². The van der Waals surface area contributed by atoms with Crippen LogP contribution >= 0.6 is 11.6 Å². The van der Waals surface area contributed by atoms with Crippen molar-refractivity contribution >= 4 is 23.5 Å². The van der Waals surface area contributed by atoms with Gasteiger partial charge in [-0.25, -0.2) is 9.59 Å². The molecule has 0 aliphatic carbocycles. The van der Waals surface area contributed by atoms with Crippen LogP contribution in [0.5, 0.6) is 5.75 Å². The molecule has 0 aliphatic rings. The Morgan fingerprint density at radius 1 is 0.917 bits per heavy atom. The number of ether oxygens (including phenoxy) is 2. The Morgan fingerprint density at radius 3 is 2.04 bits per heavy atom. The van der Waals surface area contributed by atoms with Crippen LogP contribution in [0.1, 0.15) is 41.5 Å². The summed E-state index contributed by atoms with van der Waals surface area (Å²) in [6.07, 6.45) is 0. The van der Waals surface area contributed by atoms with Gasteiger partial charge < -0.3 is 9.47 Å². The molecule has 2 aromatic rings. The first-order valence-corrected chi connectivity index (χ1v) is 7.88. The first-order chi connectivity index (χ1) is 11.3. The van der Waals surface area contributed by atoms with E-state index in [0.29, 0.717) is 5.02 Å². The van der Waals surface area contributed by atoms with Gasteiger partial charge >= 0.3 is 11.9 Å². The minimum atomic E-state index is -0.661. The predicted molar refractivity (Wildman–Crippen MR) is 92.6 cm³/mol. The van der Waals surface area contributed by atoms with E-state index in [-0.39, 0.29) is 28.9 Å². The topological polar surface area (TPSA) is 52.6 Å². The maximum atomic E-state index is 12.4. The average Bonchev–Trinajstić information content (AvgIpc) is 2.54. The van der Waals surface area contributed by atoms with Crippen molar-refractivity contribution in [2.45, 2.75) is 20.8 Å². The summed E-state index contributed by atoms with van der Waals surface area (Å²) in [6, 6.07) is 13.0. The van der Waals surface area contributed by atoms with Crippen LogP contribution in [0.2, 0.25) is 5.02 Å². The molecule has 0 atom stereocenters. The van der Waals surface area contributed by atoms with E-state index >= 15 is 0 Å². The molecule has 2 aromatic carbocycles. The summed E-state index contributed by atoms with van der Waals surface area (Å²) >= 11 is 5.99. The summed E-state index contributed by atoms with van der Waals surface area (Å²) in [5.41, 5.74) is 0.137. The van der Waals surface area contributed by atoms with Crippen molar-refractivity contribution in [1.82, 2.24) is 0 Å². The second kappa shape index (κ2) is 7.49. The number of para-hydroxylation sites is 1. The minimum Gasteiger partial charge on any atom is -0.462 e. The minimum absolute atomic E-state index is 0.135. The summed E-state index contributed by atoms with van der Waals surface area (Å²) in [5, 5.41) is 0.318. The van der Waals surface area contributed by atoms with E-state index in [2.05, 4.69) is 0 Å². The molecule has 0 spiro atoms. The van der Waals surface area contributed by atoms with Crippen molar-refractivity contribution in [1.29, 1.82) is 0 Å². The lowest BCUT2D eigenvalue weighted by Crippen LogP contribution is -2.21. The molecule has 0 saturated carbocycles. The van der Waals surface area contributed by atoms with Crippen LogP contribution < -0.4 is 4.74 Å². The first kappa shape index (κ1) is 18.0. The Labute approximate surface area is 146 Å². The number of carbonyl (C=O) groups excluding carboxylic acids is 2. The van der Waals surface area contributed by atoms with Crippen molar-refractivity contribution in [3.63, 3.8) is 0 Å². The predicted octanol–water partition coefficient (Wildman–Crippen LogP) is 4.76. The van der Waals surface area contributed by atoms with Gasteiger partial charge in [0.1, 0.15) is 5.75 Å². The fourth-order valence-electron chi connectivity index (χ4n) is 1.88. The zero-order valence-corrected chi connectivity index (χ0v) is 14.6. The molecule has 126 valence electrons. The summed E-state index contributed by atoms with van der Waals surface area (Å²) in [6.45, 7) is 6.12. The van der Waals surface area contributed by atoms with Crippen LogP contribution in [-0.2, 0) is 4.74 Å². The maximum Gasteiger partial charge on any atom is 0.344 e.